The molecule has 1 atom stereocenters. The Morgan fingerprint density at radius 3 is 2.53 bits per heavy atom. The molecule has 2 fully saturated rings. The number of fused-ring (bicyclic) bond motifs is 2. The van der Waals surface area contributed by atoms with Crippen molar-refractivity contribution in [3.63, 3.8) is 0 Å². The first kappa shape index (κ1) is 23.3. The van der Waals surface area contributed by atoms with E-state index in [4.69, 9.17) is 16.6 Å². The Bertz CT molecular complexity index is 952. The summed E-state index contributed by atoms with van der Waals surface area (Å²) in [5, 5.41) is 4.31. The average Bonchev–Trinajstić information content (AvgIpc) is 2.95. The second-order valence-electron chi connectivity index (χ2n) is 9.80. The number of pyridine rings is 1. The highest BCUT2D eigenvalue weighted by molar-refractivity contribution is 9.10. The number of hydrogen-bond acceptors (Lipinski definition) is 3. The molecule has 6 heteroatoms. The van der Waals surface area contributed by atoms with E-state index < -0.39 is 0 Å². The summed E-state index contributed by atoms with van der Waals surface area (Å²) in [5.41, 5.74) is 5.48. The molecule has 5 rings (SSSR count). The van der Waals surface area contributed by atoms with Crippen LogP contribution < -0.4 is 5.32 Å². The Labute approximate surface area is 214 Å². The molecule has 1 aromatic carbocycles. The lowest BCUT2D eigenvalue weighted by atomic mass is 9.76. The number of aryl methyl sites for hydroxylation is 2. The quantitative estimate of drug-likeness (QED) is 0.442. The predicted molar refractivity (Wildman–Crippen MR) is 140 cm³/mol. The molecule has 2 aromatic rings. The molecule has 0 unspecified atom stereocenters. The van der Waals surface area contributed by atoms with Gasteiger partial charge in [0.05, 0.1) is 5.69 Å². The van der Waals surface area contributed by atoms with E-state index in [1.54, 1.807) is 0 Å². The SMILES string of the molecule is Clc1cc(Br)c2c(c1)CCc1cc(Br)cnc1[C@@H]2C1CCN(CCC2CCNCC2)CC1. The highest BCUT2D eigenvalue weighted by Gasteiger charge is 2.35. The summed E-state index contributed by atoms with van der Waals surface area (Å²) in [7, 11) is 0. The number of benzene rings is 1. The van der Waals surface area contributed by atoms with Crippen molar-refractivity contribution in [3.05, 3.63) is 60.7 Å². The molecule has 2 aliphatic heterocycles. The first-order chi connectivity index (χ1) is 15.6. The number of halogens is 3. The van der Waals surface area contributed by atoms with Crippen LogP contribution in [0, 0.1) is 11.8 Å². The van der Waals surface area contributed by atoms with Crippen LogP contribution in [0.15, 0.2) is 33.3 Å². The van der Waals surface area contributed by atoms with Gasteiger partial charge in [-0.15, -0.1) is 0 Å². The first-order valence-corrected chi connectivity index (χ1v) is 14.1. The van der Waals surface area contributed by atoms with Crippen LogP contribution in [0.25, 0.3) is 0 Å². The van der Waals surface area contributed by atoms with Gasteiger partial charge in [0.2, 0.25) is 0 Å². The van der Waals surface area contributed by atoms with Crippen LogP contribution in [0.4, 0.5) is 0 Å². The largest absolute Gasteiger partial charge is 0.317 e. The molecular formula is C26H32Br2ClN3. The first-order valence-electron chi connectivity index (χ1n) is 12.1. The summed E-state index contributed by atoms with van der Waals surface area (Å²) in [6.07, 6.45) is 10.6. The van der Waals surface area contributed by atoms with Crippen molar-refractivity contribution < 1.29 is 0 Å². The Kier molecular flexibility index (Phi) is 7.59. The normalized spacial score (nSPS) is 22.9. The van der Waals surface area contributed by atoms with Gasteiger partial charge in [-0.3, -0.25) is 4.98 Å². The van der Waals surface area contributed by atoms with Crippen molar-refractivity contribution in [2.75, 3.05) is 32.7 Å². The third-order valence-electron chi connectivity index (χ3n) is 7.83. The zero-order valence-corrected chi connectivity index (χ0v) is 22.5. The molecule has 1 aliphatic carbocycles. The second-order valence-corrected chi connectivity index (χ2v) is 12.0. The molecule has 3 aliphatic rings. The van der Waals surface area contributed by atoms with Gasteiger partial charge in [0, 0.05) is 26.1 Å². The zero-order valence-electron chi connectivity index (χ0n) is 18.6. The average molecular weight is 582 g/mol. The lowest BCUT2D eigenvalue weighted by molar-refractivity contribution is 0.160. The van der Waals surface area contributed by atoms with Crippen LogP contribution in [-0.4, -0.2) is 42.6 Å². The van der Waals surface area contributed by atoms with Crippen LogP contribution in [0.3, 0.4) is 0 Å². The Morgan fingerprint density at radius 1 is 1.00 bits per heavy atom. The van der Waals surface area contributed by atoms with E-state index in [9.17, 15) is 0 Å². The molecule has 1 aromatic heterocycles. The summed E-state index contributed by atoms with van der Waals surface area (Å²) < 4.78 is 2.22. The van der Waals surface area contributed by atoms with Crippen molar-refractivity contribution in [2.24, 2.45) is 11.8 Å². The lowest BCUT2D eigenvalue weighted by Gasteiger charge is -2.37. The number of rotatable bonds is 4. The van der Waals surface area contributed by atoms with Gasteiger partial charge in [0.1, 0.15) is 0 Å². The molecular weight excluding hydrogens is 550 g/mol. The fraction of sp³-hybridized carbons (Fsp3) is 0.577. The molecule has 0 radical (unpaired) electrons. The fourth-order valence-corrected chi connectivity index (χ4v) is 7.57. The van der Waals surface area contributed by atoms with Crippen LogP contribution in [0.5, 0.6) is 0 Å². The van der Waals surface area contributed by atoms with Gasteiger partial charge in [0.15, 0.2) is 0 Å². The van der Waals surface area contributed by atoms with E-state index in [1.165, 1.54) is 87.2 Å². The smallest absolute Gasteiger partial charge is 0.0514 e. The minimum atomic E-state index is 0.341. The van der Waals surface area contributed by atoms with E-state index in [-0.39, 0.29) is 0 Å². The van der Waals surface area contributed by atoms with E-state index in [1.807, 2.05) is 6.20 Å². The van der Waals surface area contributed by atoms with Crippen molar-refractivity contribution in [1.29, 1.82) is 0 Å². The Morgan fingerprint density at radius 2 is 1.75 bits per heavy atom. The van der Waals surface area contributed by atoms with Gasteiger partial charge < -0.3 is 10.2 Å². The topological polar surface area (TPSA) is 28.2 Å². The van der Waals surface area contributed by atoms with Crippen LogP contribution in [0.2, 0.25) is 5.02 Å². The van der Waals surface area contributed by atoms with Crippen molar-refractivity contribution in [3.8, 4) is 0 Å². The standard InChI is InChI=1S/C26H32Br2ClN3/c27-21-13-20-2-1-19-14-22(29)15-23(28)24(19)25(26(20)31-16-21)18-6-11-32(12-7-18)10-5-17-3-8-30-9-4-17/h13-18,25,30H,1-12H2/t25-/m1/s1. The summed E-state index contributed by atoms with van der Waals surface area (Å²) >= 11 is 14.0. The molecule has 0 bridgehead atoms. The monoisotopic (exact) mass is 579 g/mol. The zero-order chi connectivity index (χ0) is 22.1. The molecule has 0 amide bonds. The van der Waals surface area contributed by atoms with Gasteiger partial charge in [-0.2, -0.15) is 0 Å². The summed E-state index contributed by atoms with van der Waals surface area (Å²) in [5.74, 6) is 1.87. The highest BCUT2D eigenvalue weighted by Crippen LogP contribution is 2.46. The lowest BCUT2D eigenvalue weighted by Crippen LogP contribution is -2.38. The van der Waals surface area contributed by atoms with Crippen molar-refractivity contribution in [1.82, 2.24) is 15.2 Å². The van der Waals surface area contributed by atoms with Gasteiger partial charge in [-0.05, 0) is 140 Å². The van der Waals surface area contributed by atoms with E-state index in [0.717, 1.165) is 32.7 Å². The highest BCUT2D eigenvalue weighted by atomic mass is 79.9. The number of hydrogen-bond donors (Lipinski definition) is 1. The molecule has 2 saturated heterocycles. The summed E-state index contributed by atoms with van der Waals surface area (Å²) in [4.78, 5) is 7.71. The van der Waals surface area contributed by atoms with E-state index in [2.05, 4.69) is 60.3 Å². The molecule has 0 saturated carbocycles. The summed E-state index contributed by atoms with van der Waals surface area (Å²) in [6, 6.07) is 6.54. The molecule has 3 nitrogen and oxygen atoms in total. The maximum absolute atomic E-state index is 6.46. The van der Waals surface area contributed by atoms with Crippen LogP contribution in [-0.2, 0) is 12.8 Å². The number of nitrogens with zero attached hydrogens (tertiary/aromatic N) is 2. The van der Waals surface area contributed by atoms with Crippen LogP contribution >= 0.6 is 43.5 Å². The molecule has 3 heterocycles. The van der Waals surface area contributed by atoms with Gasteiger partial charge in [-0.1, -0.05) is 27.5 Å². The third-order valence-corrected chi connectivity index (χ3v) is 9.14. The maximum atomic E-state index is 6.46. The molecule has 172 valence electrons. The van der Waals surface area contributed by atoms with E-state index >= 15 is 0 Å². The van der Waals surface area contributed by atoms with E-state index in [0.29, 0.717) is 11.8 Å². The van der Waals surface area contributed by atoms with Crippen molar-refractivity contribution >= 4 is 43.5 Å². The summed E-state index contributed by atoms with van der Waals surface area (Å²) in [6.45, 7) is 6.08. The minimum Gasteiger partial charge on any atom is -0.317 e. The Hall–Kier alpha value is -0.460. The predicted octanol–water partition coefficient (Wildman–Crippen LogP) is 6.59. The van der Waals surface area contributed by atoms with Crippen molar-refractivity contribution in [2.45, 2.75) is 50.9 Å². The van der Waals surface area contributed by atoms with Crippen LogP contribution in [0.1, 0.15) is 60.4 Å². The van der Waals surface area contributed by atoms with Gasteiger partial charge in [-0.25, -0.2) is 0 Å². The second kappa shape index (κ2) is 10.4. The number of nitrogens with one attached hydrogen (secondary N) is 1. The maximum Gasteiger partial charge on any atom is 0.0514 e. The minimum absolute atomic E-state index is 0.341. The van der Waals surface area contributed by atoms with Gasteiger partial charge >= 0.3 is 0 Å². The Balaban J connectivity index is 1.36. The number of aromatic nitrogens is 1. The third kappa shape index (κ3) is 5.12. The number of likely N-dealkylation sites (tertiary alicyclic amines) is 1. The number of piperidine rings is 2. The molecule has 32 heavy (non-hydrogen) atoms. The molecule has 0 spiro atoms. The van der Waals surface area contributed by atoms with Gasteiger partial charge in [0.25, 0.3) is 0 Å². The fourth-order valence-electron chi connectivity index (χ4n) is 6.08. The molecule has 1 N–H and O–H groups in total.